The molecule has 1 saturated carbocycles. The Bertz CT molecular complexity index is 507. The molecule has 0 spiro atoms. The Hall–Kier alpha value is -1.33. The van der Waals surface area contributed by atoms with Gasteiger partial charge in [-0.05, 0) is 25.0 Å². The summed E-state index contributed by atoms with van der Waals surface area (Å²) in [6.45, 7) is 1.74. The van der Waals surface area contributed by atoms with Gasteiger partial charge in [0.05, 0.1) is 13.1 Å². The summed E-state index contributed by atoms with van der Waals surface area (Å²) < 4.78 is 2.01. The summed E-state index contributed by atoms with van der Waals surface area (Å²) in [7, 11) is 0. The second-order valence-electron chi connectivity index (χ2n) is 4.72. The Labute approximate surface area is 117 Å². The molecule has 0 bridgehead atoms. The fourth-order valence-electron chi connectivity index (χ4n) is 1.90. The molecule has 0 amide bonds. The standard InChI is InChI=1S/C14H18N4S/c1-2-4-13(5-3-1)19-9-8-18-14(16-11-17-18)10-15-12-6-7-12/h1-5,11-12,15H,6-10H2. The van der Waals surface area contributed by atoms with Gasteiger partial charge in [-0.15, -0.1) is 11.8 Å². The van der Waals surface area contributed by atoms with Gasteiger partial charge in [0.15, 0.2) is 0 Å². The van der Waals surface area contributed by atoms with E-state index in [1.54, 1.807) is 6.33 Å². The first-order chi connectivity index (χ1) is 9.42. The number of hydrogen-bond acceptors (Lipinski definition) is 4. The number of benzene rings is 1. The lowest BCUT2D eigenvalue weighted by Gasteiger charge is -2.06. The lowest BCUT2D eigenvalue weighted by Crippen LogP contribution is -2.19. The highest BCUT2D eigenvalue weighted by molar-refractivity contribution is 7.99. The highest BCUT2D eigenvalue weighted by atomic mass is 32.2. The minimum Gasteiger partial charge on any atom is -0.307 e. The summed E-state index contributed by atoms with van der Waals surface area (Å²) in [5.41, 5.74) is 0. The zero-order valence-electron chi connectivity index (χ0n) is 10.8. The number of aromatic nitrogens is 3. The van der Waals surface area contributed by atoms with E-state index in [0.717, 1.165) is 24.7 Å². The molecular formula is C14H18N4S. The molecule has 2 aromatic rings. The van der Waals surface area contributed by atoms with Gasteiger partial charge < -0.3 is 5.32 Å². The summed E-state index contributed by atoms with van der Waals surface area (Å²) in [5.74, 6) is 2.06. The topological polar surface area (TPSA) is 42.7 Å². The number of thioether (sulfide) groups is 1. The first-order valence-electron chi connectivity index (χ1n) is 6.70. The predicted octanol–water partition coefficient (Wildman–Crippen LogP) is 2.32. The fourth-order valence-corrected chi connectivity index (χ4v) is 2.75. The number of rotatable bonds is 7. The van der Waals surface area contributed by atoms with Gasteiger partial charge in [0.1, 0.15) is 12.2 Å². The van der Waals surface area contributed by atoms with E-state index in [1.807, 2.05) is 22.5 Å². The maximum Gasteiger partial charge on any atom is 0.140 e. The Balaban J connectivity index is 1.47. The maximum atomic E-state index is 4.32. The zero-order valence-corrected chi connectivity index (χ0v) is 11.6. The molecule has 0 radical (unpaired) electrons. The van der Waals surface area contributed by atoms with Crippen molar-refractivity contribution in [3.63, 3.8) is 0 Å². The molecule has 1 N–H and O–H groups in total. The molecule has 1 fully saturated rings. The van der Waals surface area contributed by atoms with Crippen molar-refractivity contribution in [1.82, 2.24) is 20.1 Å². The van der Waals surface area contributed by atoms with Gasteiger partial charge in [0.2, 0.25) is 0 Å². The largest absolute Gasteiger partial charge is 0.307 e. The van der Waals surface area contributed by atoms with Gasteiger partial charge >= 0.3 is 0 Å². The Kier molecular flexibility index (Phi) is 4.15. The van der Waals surface area contributed by atoms with E-state index in [0.29, 0.717) is 6.04 Å². The number of aryl methyl sites for hydroxylation is 1. The van der Waals surface area contributed by atoms with E-state index in [2.05, 4.69) is 39.7 Å². The summed E-state index contributed by atoms with van der Waals surface area (Å²) in [6, 6.07) is 11.2. The molecule has 1 aliphatic carbocycles. The number of nitrogens with zero attached hydrogens (tertiary/aromatic N) is 3. The Morgan fingerprint density at radius 3 is 2.89 bits per heavy atom. The molecule has 1 aliphatic rings. The molecule has 1 aromatic carbocycles. The minimum atomic E-state index is 0.712. The van der Waals surface area contributed by atoms with E-state index >= 15 is 0 Å². The van der Waals surface area contributed by atoms with Gasteiger partial charge in [-0.3, -0.25) is 0 Å². The van der Waals surface area contributed by atoms with Gasteiger partial charge in [-0.2, -0.15) is 5.10 Å². The van der Waals surface area contributed by atoms with E-state index in [1.165, 1.54) is 17.7 Å². The first kappa shape index (κ1) is 12.7. The highest BCUT2D eigenvalue weighted by Gasteiger charge is 2.20. The summed E-state index contributed by atoms with van der Waals surface area (Å²) in [5, 5.41) is 7.78. The van der Waals surface area contributed by atoms with E-state index < -0.39 is 0 Å². The third-order valence-electron chi connectivity index (χ3n) is 3.14. The Morgan fingerprint density at radius 1 is 1.26 bits per heavy atom. The molecule has 19 heavy (non-hydrogen) atoms. The van der Waals surface area contributed by atoms with Gasteiger partial charge in [-0.25, -0.2) is 9.67 Å². The molecule has 5 heteroatoms. The van der Waals surface area contributed by atoms with Crippen LogP contribution in [0.4, 0.5) is 0 Å². The fraction of sp³-hybridized carbons (Fsp3) is 0.429. The van der Waals surface area contributed by atoms with Crippen LogP contribution in [0.1, 0.15) is 18.7 Å². The molecule has 0 atom stereocenters. The molecule has 4 nitrogen and oxygen atoms in total. The molecular weight excluding hydrogens is 256 g/mol. The van der Waals surface area contributed by atoms with Crippen LogP contribution in [0.15, 0.2) is 41.6 Å². The molecule has 0 saturated heterocycles. The van der Waals surface area contributed by atoms with Crippen molar-refractivity contribution >= 4 is 11.8 Å². The lowest BCUT2D eigenvalue weighted by molar-refractivity contribution is 0.574. The number of hydrogen-bond donors (Lipinski definition) is 1. The third-order valence-corrected chi connectivity index (χ3v) is 4.13. The van der Waals surface area contributed by atoms with Crippen LogP contribution in [0.5, 0.6) is 0 Å². The summed E-state index contributed by atoms with van der Waals surface area (Å²) >= 11 is 1.86. The van der Waals surface area contributed by atoms with Crippen LogP contribution in [0.3, 0.4) is 0 Å². The minimum absolute atomic E-state index is 0.712. The predicted molar refractivity (Wildman–Crippen MR) is 77.0 cm³/mol. The average Bonchev–Trinajstić information content (AvgIpc) is 3.17. The maximum absolute atomic E-state index is 4.32. The van der Waals surface area contributed by atoms with E-state index in [-0.39, 0.29) is 0 Å². The first-order valence-corrected chi connectivity index (χ1v) is 7.68. The van der Waals surface area contributed by atoms with Crippen molar-refractivity contribution in [3.05, 3.63) is 42.5 Å². The molecule has 0 unspecified atom stereocenters. The van der Waals surface area contributed by atoms with Crippen LogP contribution in [-0.4, -0.2) is 26.6 Å². The lowest BCUT2D eigenvalue weighted by atomic mass is 10.4. The molecule has 1 aromatic heterocycles. The van der Waals surface area contributed by atoms with Crippen molar-refractivity contribution in [3.8, 4) is 0 Å². The number of nitrogens with one attached hydrogen (secondary N) is 1. The Morgan fingerprint density at radius 2 is 2.11 bits per heavy atom. The average molecular weight is 274 g/mol. The quantitative estimate of drug-likeness (QED) is 0.787. The molecule has 3 rings (SSSR count). The van der Waals surface area contributed by atoms with Gasteiger partial charge in [0.25, 0.3) is 0 Å². The summed E-state index contributed by atoms with van der Waals surface area (Å²) in [4.78, 5) is 5.63. The molecule has 100 valence electrons. The van der Waals surface area contributed by atoms with Crippen LogP contribution < -0.4 is 5.32 Å². The smallest absolute Gasteiger partial charge is 0.140 e. The van der Waals surface area contributed by atoms with Gasteiger partial charge in [-0.1, -0.05) is 18.2 Å². The second-order valence-corrected chi connectivity index (χ2v) is 5.88. The molecule has 1 heterocycles. The van der Waals surface area contributed by atoms with Crippen molar-refractivity contribution in [2.24, 2.45) is 0 Å². The third kappa shape index (κ3) is 3.81. The van der Waals surface area contributed by atoms with Crippen LogP contribution in [-0.2, 0) is 13.1 Å². The zero-order chi connectivity index (χ0) is 12.9. The highest BCUT2D eigenvalue weighted by Crippen LogP contribution is 2.19. The van der Waals surface area contributed by atoms with Crippen molar-refractivity contribution in [2.75, 3.05) is 5.75 Å². The second kappa shape index (κ2) is 6.21. The SMILES string of the molecule is c1ccc(SCCn2ncnc2CNC2CC2)cc1. The van der Waals surface area contributed by atoms with Gasteiger partial charge in [0, 0.05) is 16.7 Å². The van der Waals surface area contributed by atoms with Crippen LogP contribution >= 0.6 is 11.8 Å². The van der Waals surface area contributed by atoms with Crippen molar-refractivity contribution in [1.29, 1.82) is 0 Å². The van der Waals surface area contributed by atoms with E-state index in [9.17, 15) is 0 Å². The van der Waals surface area contributed by atoms with Crippen LogP contribution in [0, 0.1) is 0 Å². The molecule has 0 aliphatic heterocycles. The van der Waals surface area contributed by atoms with Crippen LogP contribution in [0.2, 0.25) is 0 Å². The van der Waals surface area contributed by atoms with Crippen molar-refractivity contribution < 1.29 is 0 Å². The normalized spacial score (nSPS) is 14.7. The monoisotopic (exact) mass is 274 g/mol. The van der Waals surface area contributed by atoms with Crippen molar-refractivity contribution in [2.45, 2.75) is 36.9 Å². The van der Waals surface area contributed by atoms with Crippen LogP contribution in [0.25, 0.3) is 0 Å². The van der Waals surface area contributed by atoms with E-state index in [4.69, 9.17) is 0 Å². The summed E-state index contributed by atoms with van der Waals surface area (Å²) in [6.07, 6.45) is 4.26.